The molecule has 1 aromatic carbocycles. The van der Waals surface area contributed by atoms with Crippen molar-refractivity contribution in [3.05, 3.63) is 35.6 Å². The van der Waals surface area contributed by atoms with Crippen molar-refractivity contribution in [1.82, 2.24) is 5.32 Å². The number of rotatable bonds is 6. The van der Waals surface area contributed by atoms with E-state index in [1.807, 2.05) is 13.8 Å². The van der Waals surface area contributed by atoms with E-state index in [4.69, 9.17) is 4.74 Å². The molecular formula is C15H20FNO3. The molecule has 20 heavy (non-hydrogen) atoms. The van der Waals surface area contributed by atoms with Crippen LogP contribution in [-0.4, -0.2) is 24.5 Å². The first kappa shape index (κ1) is 16.1. The molecule has 1 atom stereocenters. The number of halogens is 1. The summed E-state index contributed by atoms with van der Waals surface area (Å²) in [6.45, 7) is 5.85. The molecular weight excluding hydrogens is 261 g/mol. The van der Waals surface area contributed by atoms with Crippen LogP contribution in [0, 0.1) is 11.7 Å². The van der Waals surface area contributed by atoms with Crippen molar-refractivity contribution in [1.29, 1.82) is 0 Å². The van der Waals surface area contributed by atoms with Gasteiger partial charge in [0.15, 0.2) is 0 Å². The SMILES string of the molecule is CCOC(=O)C(CC(C)C)NC(=O)c1cccc(F)c1. The number of carbonyl (C=O) groups excluding carboxylic acids is 2. The first-order valence-electron chi connectivity index (χ1n) is 6.67. The van der Waals surface area contributed by atoms with E-state index in [2.05, 4.69) is 5.32 Å². The molecule has 0 radical (unpaired) electrons. The summed E-state index contributed by atoms with van der Waals surface area (Å²) in [4.78, 5) is 23.8. The summed E-state index contributed by atoms with van der Waals surface area (Å²) in [6.07, 6.45) is 0.472. The van der Waals surface area contributed by atoms with E-state index in [9.17, 15) is 14.0 Å². The van der Waals surface area contributed by atoms with Gasteiger partial charge in [-0.25, -0.2) is 9.18 Å². The number of hydrogen-bond donors (Lipinski definition) is 1. The average Bonchev–Trinajstić information content (AvgIpc) is 2.37. The number of benzene rings is 1. The molecule has 0 aromatic heterocycles. The third-order valence-electron chi connectivity index (χ3n) is 2.67. The Balaban J connectivity index is 2.78. The Hall–Kier alpha value is -1.91. The average molecular weight is 281 g/mol. The van der Waals surface area contributed by atoms with Gasteiger partial charge in [0.2, 0.25) is 0 Å². The summed E-state index contributed by atoms with van der Waals surface area (Å²) in [6, 6.07) is 4.62. The van der Waals surface area contributed by atoms with Crippen molar-refractivity contribution in [2.45, 2.75) is 33.2 Å². The Morgan fingerprint density at radius 3 is 2.60 bits per heavy atom. The molecule has 0 saturated heterocycles. The van der Waals surface area contributed by atoms with E-state index in [1.54, 1.807) is 6.92 Å². The van der Waals surface area contributed by atoms with E-state index in [0.29, 0.717) is 6.42 Å². The highest BCUT2D eigenvalue weighted by molar-refractivity contribution is 5.96. The van der Waals surface area contributed by atoms with Crippen molar-refractivity contribution in [2.75, 3.05) is 6.61 Å². The van der Waals surface area contributed by atoms with E-state index in [-0.39, 0.29) is 18.1 Å². The monoisotopic (exact) mass is 281 g/mol. The van der Waals surface area contributed by atoms with Crippen LogP contribution >= 0.6 is 0 Å². The molecule has 0 fully saturated rings. The van der Waals surface area contributed by atoms with Crippen LogP contribution in [0.15, 0.2) is 24.3 Å². The van der Waals surface area contributed by atoms with E-state index < -0.39 is 23.7 Å². The van der Waals surface area contributed by atoms with Crippen LogP contribution in [0.2, 0.25) is 0 Å². The summed E-state index contributed by atoms with van der Waals surface area (Å²) in [5, 5.41) is 2.60. The van der Waals surface area contributed by atoms with Crippen LogP contribution in [0.3, 0.4) is 0 Å². The van der Waals surface area contributed by atoms with Gasteiger partial charge in [-0.1, -0.05) is 19.9 Å². The number of esters is 1. The Morgan fingerprint density at radius 1 is 1.35 bits per heavy atom. The molecule has 1 aromatic rings. The summed E-state index contributed by atoms with van der Waals surface area (Å²) in [5.74, 6) is -1.22. The molecule has 0 aliphatic rings. The lowest BCUT2D eigenvalue weighted by Gasteiger charge is -2.19. The zero-order valence-corrected chi connectivity index (χ0v) is 12.0. The molecule has 0 saturated carbocycles. The molecule has 1 N–H and O–H groups in total. The molecule has 0 heterocycles. The minimum Gasteiger partial charge on any atom is -0.464 e. The second-order valence-electron chi connectivity index (χ2n) is 4.92. The zero-order chi connectivity index (χ0) is 15.1. The lowest BCUT2D eigenvalue weighted by atomic mass is 10.0. The van der Waals surface area contributed by atoms with Crippen molar-refractivity contribution >= 4 is 11.9 Å². The van der Waals surface area contributed by atoms with Crippen LogP contribution < -0.4 is 5.32 Å². The minimum absolute atomic E-state index is 0.183. The third-order valence-corrected chi connectivity index (χ3v) is 2.67. The van der Waals surface area contributed by atoms with Gasteiger partial charge in [0, 0.05) is 5.56 Å². The number of hydrogen-bond acceptors (Lipinski definition) is 3. The van der Waals surface area contributed by atoms with Gasteiger partial charge in [-0.3, -0.25) is 4.79 Å². The van der Waals surface area contributed by atoms with Crippen LogP contribution in [0.5, 0.6) is 0 Å². The van der Waals surface area contributed by atoms with Crippen molar-refractivity contribution < 1.29 is 18.7 Å². The van der Waals surface area contributed by atoms with Gasteiger partial charge in [-0.05, 0) is 37.5 Å². The Kier molecular flexibility index (Phi) is 6.15. The molecule has 1 amide bonds. The summed E-state index contributed by atoms with van der Waals surface area (Å²) in [7, 11) is 0. The summed E-state index contributed by atoms with van der Waals surface area (Å²) in [5.41, 5.74) is 0.183. The van der Waals surface area contributed by atoms with Gasteiger partial charge in [0.1, 0.15) is 11.9 Å². The molecule has 5 heteroatoms. The predicted molar refractivity (Wildman–Crippen MR) is 73.7 cm³/mol. The van der Waals surface area contributed by atoms with Gasteiger partial charge in [-0.2, -0.15) is 0 Å². The second kappa shape index (κ2) is 7.62. The standard InChI is InChI=1S/C15H20FNO3/c1-4-20-15(19)13(8-10(2)3)17-14(18)11-6-5-7-12(16)9-11/h5-7,9-10,13H,4,8H2,1-3H3,(H,17,18). The van der Waals surface area contributed by atoms with Gasteiger partial charge < -0.3 is 10.1 Å². The number of nitrogens with one attached hydrogen (secondary N) is 1. The van der Waals surface area contributed by atoms with Gasteiger partial charge in [0.25, 0.3) is 5.91 Å². The summed E-state index contributed by atoms with van der Waals surface area (Å²) >= 11 is 0. The first-order valence-corrected chi connectivity index (χ1v) is 6.67. The van der Waals surface area contributed by atoms with Gasteiger partial charge in [-0.15, -0.1) is 0 Å². The van der Waals surface area contributed by atoms with Gasteiger partial charge >= 0.3 is 5.97 Å². The number of carbonyl (C=O) groups is 2. The smallest absolute Gasteiger partial charge is 0.328 e. The van der Waals surface area contributed by atoms with Crippen molar-refractivity contribution in [3.8, 4) is 0 Å². The Bertz CT molecular complexity index is 474. The van der Waals surface area contributed by atoms with Crippen molar-refractivity contribution in [3.63, 3.8) is 0 Å². The first-order chi connectivity index (χ1) is 9.43. The largest absolute Gasteiger partial charge is 0.464 e. The fourth-order valence-electron chi connectivity index (χ4n) is 1.80. The molecule has 0 spiro atoms. The van der Waals surface area contributed by atoms with Crippen LogP contribution in [0.1, 0.15) is 37.6 Å². The second-order valence-corrected chi connectivity index (χ2v) is 4.92. The minimum atomic E-state index is -0.717. The highest BCUT2D eigenvalue weighted by atomic mass is 19.1. The lowest BCUT2D eigenvalue weighted by Crippen LogP contribution is -2.42. The molecule has 0 aliphatic heterocycles. The zero-order valence-electron chi connectivity index (χ0n) is 12.0. The number of ether oxygens (including phenoxy) is 1. The van der Waals surface area contributed by atoms with E-state index in [0.717, 1.165) is 6.07 Å². The number of amides is 1. The van der Waals surface area contributed by atoms with Crippen molar-refractivity contribution in [2.24, 2.45) is 5.92 Å². The molecule has 0 aliphatic carbocycles. The molecule has 1 unspecified atom stereocenters. The predicted octanol–water partition coefficient (Wildman–Crippen LogP) is 2.53. The maximum Gasteiger partial charge on any atom is 0.328 e. The van der Waals surface area contributed by atoms with E-state index >= 15 is 0 Å². The van der Waals surface area contributed by atoms with Crippen LogP contribution in [0.4, 0.5) is 4.39 Å². The van der Waals surface area contributed by atoms with Crippen LogP contribution in [-0.2, 0) is 9.53 Å². The summed E-state index contributed by atoms with van der Waals surface area (Å²) < 4.78 is 18.0. The molecule has 1 rings (SSSR count). The highest BCUT2D eigenvalue weighted by Gasteiger charge is 2.23. The molecule has 4 nitrogen and oxygen atoms in total. The molecule has 110 valence electrons. The molecule has 0 bridgehead atoms. The quantitative estimate of drug-likeness (QED) is 0.815. The topological polar surface area (TPSA) is 55.4 Å². The fourth-order valence-corrected chi connectivity index (χ4v) is 1.80. The Labute approximate surface area is 118 Å². The normalized spacial score (nSPS) is 12.1. The maximum atomic E-state index is 13.1. The maximum absolute atomic E-state index is 13.1. The van der Waals surface area contributed by atoms with Gasteiger partial charge in [0.05, 0.1) is 6.61 Å². The Morgan fingerprint density at radius 2 is 2.05 bits per heavy atom. The van der Waals surface area contributed by atoms with E-state index in [1.165, 1.54) is 18.2 Å². The highest BCUT2D eigenvalue weighted by Crippen LogP contribution is 2.09. The van der Waals surface area contributed by atoms with Crippen LogP contribution in [0.25, 0.3) is 0 Å². The third kappa shape index (κ3) is 4.99. The lowest BCUT2D eigenvalue weighted by molar-refractivity contribution is -0.145. The fraction of sp³-hybridized carbons (Fsp3) is 0.467.